The number of nitrogens with zero attached hydrogens (tertiary/aromatic N) is 2. The maximum Gasteiger partial charge on any atom is 0.0866 e. The molecule has 3 heteroatoms. The molecule has 2 rings (SSSR count). The van der Waals surface area contributed by atoms with Crippen molar-refractivity contribution in [1.82, 2.24) is 4.98 Å². The van der Waals surface area contributed by atoms with Crippen molar-refractivity contribution < 1.29 is 0 Å². The molecule has 0 saturated heterocycles. The van der Waals surface area contributed by atoms with Gasteiger partial charge in [0.05, 0.1) is 12.2 Å². The van der Waals surface area contributed by atoms with Crippen molar-refractivity contribution in [2.45, 2.75) is 33.1 Å². The predicted octanol–water partition coefficient (Wildman–Crippen LogP) is 4.49. The number of rotatable bonds is 5. The van der Waals surface area contributed by atoms with Gasteiger partial charge in [0.1, 0.15) is 0 Å². The van der Waals surface area contributed by atoms with Gasteiger partial charge in [0, 0.05) is 17.7 Å². The van der Waals surface area contributed by atoms with Crippen LogP contribution in [0, 0.1) is 11.8 Å². The quantitative estimate of drug-likeness (QED) is 0.750. The Balaban J connectivity index is 2.42. The van der Waals surface area contributed by atoms with Crippen LogP contribution in [-0.2, 0) is 6.42 Å². The average Bonchev–Trinajstić information content (AvgIpc) is 2.45. The molecule has 2 aromatic rings. The summed E-state index contributed by atoms with van der Waals surface area (Å²) >= 11 is 0. The van der Waals surface area contributed by atoms with Crippen molar-refractivity contribution in [2.24, 2.45) is 5.18 Å². The van der Waals surface area contributed by atoms with E-state index in [0.29, 0.717) is 12.3 Å². The van der Waals surface area contributed by atoms with Gasteiger partial charge in [-0.3, -0.25) is 4.98 Å². The molecule has 0 aliphatic carbocycles. The average molecular weight is 268 g/mol. The highest BCUT2D eigenvalue weighted by molar-refractivity contribution is 5.60. The van der Waals surface area contributed by atoms with Crippen LogP contribution in [0.2, 0.25) is 0 Å². The van der Waals surface area contributed by atoms with Gasteiger partial charge >= 0.3 is 0 Å². The molecule has 0 amide bonds. The van der Waals surface area contributed by atoms with Crippen LogP contribution in [0.15, 0.2) is 41.6 Å². The van der Waals surface area contributed by atoms with Crippen LogP contribution in [0.4, 0.5) is 0 Å². The van der Waals surface area contributed by atoms with Crippen molar-refractivity contribution in [3.63, 3.8) is 0 Å². The number of nitroso groups, excluding NO2 is 1. The van der Waals surface area contributed by atoms with Gasteiger partial charge in [0.2, 0.25) is 0 Å². The summed E-state index contributed by atoms with van der Waals surface area (Å²) in [5, 5.41) is 2.93. The summed E-state index contributed by atoms with van der Waals surface area (Å²) in [6.07, 6.45) is 0.600. The largest absolute Gasteiger partial charge is 0.253 e. The molecule has 0 bridgehead atoms. The van der Waals surface area contributed by atoms with Gasteiger partial charge in [-0.15, -0.1) is 0 Å². The lowest BCUT2D eigenvalue weighted by atomic mass is 9.99. The molecule has 0 fully saturated rings. The maximum atomic E-state index is 10.3. The molecular formula is C17H20N2O. The van der Waals surface area contributed by atoms with Crippen molar-refractivity contribution >= 4 is 0 Å². The third-order valence-electron chi connectivity index (χ3n) is 3.37. The first-order valence-electron chi connectivity index (χ1n) is 6.97. The molecule has 0 aliphatic heterocycles. The Morgan fingerprint density at radius 2 is 1.85 bits per heavy atom. The number of pyridine rings is 1. The Bertz CT molecular complexity index is 588. The molecule has 104 valence electrons. The Labute approximate surface area is 120 Å². The van der Waals surface area contributed by atoms with E-state index in [1.54, 1.807) is 0 Å². The van der Waals surface area contributed by atoms with E-state index in [1.165, 1.54) is 11.1 Å². The monoisotopic (exact) mass is 268 g/mol. The first-order valence-corrected chi connectivity index (χ1v) is 6.97. The zero-order valence-electron chi connectivity index (χ0n) is 12.3. The minimum Gasteiger partial charge on any atom is -0.253 e. The lowest BCUT2D eigenvalue weighted by Gasteiger charge is -2.11. The molecule has 0 saturated carbocycles. The van der Waals surface area contributed by atoms with Crippen molar-refractivity contribution in [3.8, 4) is 11.3 Å². The number of benzene rings is 1. The van der Waals surface area contributed by atoms with Crippen LogP contribution < -0.4 is 0 Å². The zero-order chi connectivity index (χ0) is 14.5. The maximum absolute atomic E-state index is 10.3. The summed E-state index contributed by atoms with van der Waals surface area (Å²) in [6.45, 7) is 6.68. The third kappa shape index (κ3) is 3.50. The smallest absolute Gasteiger partial charge is 0.0866 e. The number of aryl methyl sites for hydroxylation is 1. The van der Waals surface area contributed by atoms with Crippen LogP contribution in [0.1, 0.15) is 36.6 Å². The Morgan fingerprint density at radius 1 is 1.15 bits per heavy atom. The van der Waals surface area contributed by atoms with Crippen LogP contribution in [-0.4, -0.2) is 11.5 Å². The van der Waals surface area contributed by atoms with Crippen molar-refractivity contribution in [2.75, 3.05) is 6.54 Å². The third-order valence-corrected chi connectivity index (χ3v) is 3.37. The summed E-state index contributed by atoms with van der Waals surface area (Å²) in [5.74, 6) is 0.435. The minimum atomic E-state index is 0.280. The van der Waals surface area contributed by atoms with Gasteiger partial charge in [-0.25, -0.2) is 0 Å². The molecule has 0 atom stereocenters. The van der Waals surface area contributed by atoms with Gasteiger partial charge in [0.15, 0.2) is 0 Å². The van der Waals surface area contributed by atoms with E-state index in [1.807, 2.05) is 0 Å². The highest BCUT2D eigenvalue weighted by Crippen LogP contribution is 2.24. The van der Waals surface area contributed by atoms with Crippen LogP contribution in [0.25, 0.3) is 11.3 Å². The molecule has 0 aliphatic rings. The van der Waals surface area contributed by atoms with Gasteiger partial charge in [-0.1, -0.05) is 48.9 Å². The van der Waals surface area contributed by atoms with Crippen molar-refractivity contribution in [3.05, 3.63) is 58.1 Å². The van der Waals surface area contributed by atoms with E-state index in [2.05, 4.69) is 67.3 Å². The Morgan fingerprint density at radius 3 is 2.45 bits per heavy atom. The van der Waals surface area contributed by atoms with Gasteiger partial charge in [0.25, 0.3) is 0 Å². The lowest BCUT2D eigenvalue weighted by molar-refractivity contribution is 0.846. The summed E-state index contributed by atoms with van der Waals surface area (Å²) in [7, 11) is 0. The molecule has 0 radical (unpaired) electrons. The molecular weight excluding hydrogens is 248 g/mol. The molecule has 20 heavy (non-hydrogen) atoms. The second kappa shape index (κ2) is 6.42. The van der Waals surface area contributed by atoms with Crippen LogP contribution in [0.5, 0.6) is 0 Å². The number of hydrogen-bond acceptors (Lipinski definition) is 3. The summed E-state index contributed by atoms with van der Waals surface area (Å²) in [5.41, 5.74) is 5.50. The summed E-state index contributed by atoms with van der Waals surface area (Å²) in [4.78, 5) is 15.0. The second-order valence-corrected chi connectivity index (χ2v) is 5.40. The fourth-order valence-corrected chi connectivity index (χ4v) is 2.10. The lowest BCUT2D eigenvalue weighted by Crippen LogP contribution is -1.99. The van der Waals surface area contributed by atoms with Gasteiger partial charge in [-0.05, 0) is 30.5 Å². The summed E-state index contributed by atoms with van der Waals surface area (Å²) < 4.78 is 0. The SMILES string of the molecule is Cc1ccc(-c2cc(C(C)C)cc(CCN=O)n2)cc1. The van der Waals surface area contributed by atoms with E-state index >= 15 is 0 Å². The first kappa shape index (κ1) is 14.4. The molecule has 3 nitrogen and oxygen atoms in total. The molecule has 0 spiro atoms. The zero-order valence-corrected chi connectivity index (χ0v) is 12.3. The molecule has 0 unspecified atom stereocenters. The molecule has 1 heterocycles. The highest BCUT2D eigenvalue weighted by Gasteiger charge is 2.08. The molecule has 0 N–H and O–H groups in total. The van der Waals surface area contributed by atoms with Crippen LogP contribution >= 0.6 is 0 Å². The topological polar surface area (TPSA) is 42.3 Å². The highest BCUT2D eigenvalue weighted by atomic mass is 16.3. The normalized spacial score (nSPS) is 10.8. The summed E-state index contributed by atoms with van der Waals surface area (Å²) in [6, 6.07) is 12.6. The second-order valence-electron chi connectivity index (χ2n) is 5.40. The van der Waals surface area contributed by atoms with Gasteiger partial charge in [-0.2, -0.15) is 4.91 Å². The van der Waals surface area contributed by atoms with Gasteiger partial charge < -0.3 is 0 Å². The fraction of sp³-hybridized carbons (Fsp3) is 0.353. The molecule has 1 aromatic heterocycles. The van der Waals surface area contributed by atoms with E-state index in [9.17, 15) is 4.91 Å². The van der Waals surface area contributed by atoms with Crippen molar-refractivity contribution in [1.29, 1.82) is 0 Å². The number of aromatic nitrogens is 1. The minimum absolute atomic E-state index is 0.280. The van der Waals surface area contributed by atoms with E-state index in [4.69, 9.17) is 0 Å². The van der Waals surface area contributed by atoms with E-state index in [0.717, 1.165) is 17.0 Å². The van der Waals surface area contributed by atoms with E-state index in [-0.39, 0.29) is 6.54 Å². The number of hydrogen-bond donors (Lipinski definition) is 0. The Hall–Kier alpha value is -2.03. The first-order chi connectivity index (χ1) is 9.60. The predicted molar refractivity (Wildman–Crippen MR) is 82.9 cm³/mol. The Kier molecular flexibility index (Phi) is 4.61. The standard InChI is InChI=1S/C17H20N2O/c1-12(2)15-10-16(8-9-18-20)19-17(11-15)14-6-4-13(3)5-7-14/h4-7,10-12H,8-9H2,1-3H3. The van der Waals surface area contributed by atoms with E-state index < -0.39 is 0 Å². The fourth-order valence-electron chi connectivity index (χ4n) is 2.10. The molecule has 1 aromatic carbocycles. The van der Waals surface area contributed by atoms with Crippen LogP contribution in [0.3, 0.4) is 0 Å².